The topological polar surface area (TPSA) is 91.8 Å². The lowest BCUT2D eigenvalue weighted by atomic mass is 9.59. The second-order valence-corrected chi connectivity index (χ2v) is 10.2. The minimum Gasteiger partial charge on any atom is -0.507 e. The predicted octanol–water partition coefficient (Wildman–Crippen LogP) is 3.94. The smallest absolute Gasteiger partial charge is 0.233 e. The van der Waals surface area contributed by atoms with Crippen molar-refractivity contribution in [2.75, 3.05) is 7.05 Å². The number of benzene rings is 2. The molecule has 2 aromatic rings. The van der Waals surface area contributed by atoms with Gasteiger partial charge in [0.25, 0.3) is 0 Å². The Morgan fingerprint density at radius 1 is 0.971 bits per heavy atom. The van der Waals surface area contributed by atoms with Crippen LogP contribution in [0.3, 0.4) is 0 Å². The van der Waals surface area contributed by atoms with Gasteiger partial charge in [0.2, 0.25) is 11.8 Å². The molecular weight excluding hydrogens is 498 g/mol. The summed E-state index contributed by atoms with van der Waals surface area (Å²) in [7, 11) is 1.51. The van der Waals surface area contributed by atoms with Crippen molar-refractivity contribution >= 4 is 50.1 Å². The van der Waals surface area contributed by atoms with E-state index in [0.717, 1.165) is 16.5 Å². The van der Waals surface area contributed by atoms with E-state index < -0.39 is 17.8 Å². The Morgan fingerprint density at radius 3 is 2.47 bits per heavy atom. The maximum Gasteiger partial charge on any atom is 0.233 e. The first-order chi connectivity index (χ1) is 16.3. The normalized spacial score (nSPS) is 28.6. The van der Waals surface area contributed by atoms with E-state index in [2.05, 4.69) is 15.9 Å². The molecule has 2 aromatic carbocycles. The van der Waals surface area contributed by atoms with Crippen LogP contribution in [-0.4, -0.2) is 40.4 Å². The van der Waals surface area contributed by atoms with E-state index in [9.17, 15) is 24.3 Å². The van der Waals surface area contributed by atoms with Crippen molar-refractivity contribution in [1.82, 2.24) is 4.90 Å². The number of likely N-dealkylation sites (tertiary alicyclic amines) is 1. The third kappa shape index (κ3) is 2.73. The first-order valence-electron chi connectivity index (χ1n) is 11.2. The average Bonchev–Trinajstić information content (AvgIpc) is 3.06. The number of hydrogen-bond donors (Lipinski definition) is 1. The van der Waals surface area contributed by atoms with Crippen LogP contribution in [0.1, 0.15) is 24.3 Å². The van der Waals surface area contributed by atoms with Gasteiger partial charge >= 0.3 is 0 Å². The fourth-order valence-corrected chi connectivity index (χ4v) is 6.72. The number of phenols is 1. The molecule has 0 saturated carbocycles. The zero-order valence-electron chi connectivity index (χ0n) is 18.2. The van der Waals surface area contributed by atoms with Gasteiger partial charge in [0.05, 0.1) is 16.3 Å². The van der Waals surface area contributed by atoms with E-state index in [1.54, 1.807) is 12.1 Å². The van der Waals surface area contributed by atoms with Crippen LogP contribution < -0.4 is 0 Å². The second kappa shape index (κ2) is 7.34. The fraction of sp³-hybridized carbons (Fsp3) is 0.259. The van der Waals surface area contributed by atoms with Crippen molar-refractivity contribution in [3.8, 4) is 5.75 Å². The van der Waals surface area contributed by atoms with Gasteiger partial charge in [0, 0.05) is 35.6 Å². The summed E-state index contributed by atoms with van der Waals surface area (Å²) in [5, 5.41) is 11.9. The maximum atomic E-state index is 13.3. The van der Waals surface area contributed by atoms with Gasteiger partial charge in [-0.05, 0) is 51.7 Å². The van der Waals surface area contributed by atoms with Gasteiger partial charge in [-0.3, -0.25) is 24.1 Å². The Morgan fingerprint density at radius 2 is 1.71 bits per heavy atom. The number of hydrogen-bond acceptors (Lipinski definition) is 5. The zero-order valence-corrected chi connectivity index (χ0v) is 19.8. The van der Waals surface area contributed by atoms with E-state index in [0.29, 0.717) is 23.0 Å². The Balaban J connectivity index is 1.62. The highest BCUT2D eigenvalue weighted by Gasteiger charge is 2.55. The van der Waals surface area contributed by atoms with Crippen molar-refractivity contribution < 1.29 is 24.3 Å². The van der Waals surface area contributed by atoms with Crippen LogP contribution >= 0.6 is 15.9 Å². The first kappa shape index (κ1) is 21.2. The van der Waals surface area contributed by atoms with Crippen LogP contribution in [0.25, 0.3) is 10.8 Å². The molecule has 1 aliphatic heterocycles. The van der Waals surface area contributed by atoms with Crippen LogP contribution in [0.5, 0.6) is 5.75 Å². The number of carbonyl (C=O) groups is 4. The molecule has 170 valence electrons. The van der Waals surface area contributed by atoms with E-state index >= 15 is 0 Å². The van der Waals surface area contributed by atoms with Gasteiger partial charge in [-0.1, -0.05) is 42.0 Å². The van der Waals surface area contributed by atoms with Gasteiger partial charge in [0.1, 0.15) is 5.75 Å². The van der Waals surface area contributed by atoms with E-state index in [-0.39, 0.29) is 46.0 Å². The molecule has 6 nitrogen and oxygen atoms in total. The Kier molecular flexibility index (Phi) is 4.58. The second-order valence-electron chi connectivity index (χ2n) is 9.35. The third-order valence-corrected chi connectivity index (χ3v) is 8.39. The average molecular weight is 518 g/mol. The molecule has 4 unspecified atom stereocenters. The van der Waals surface area contributed by atoms with Crippen molar-refractivity contribution in [2.24, 2.45) is 17.8 Å². The molecule has 6 rings (SSSR count). The lowest BCUT2D eigenvalue weighted by Crippen LogP contribution is -2.39. The molecule has 1 N–H and O–H groups in total. The number of fused-ring (bicyclic) bond motifs is 4. The number of ketones is 2. The quantitative estimate of drug-likeness (QED) is 0.351. The van der Waals surface area contributed by atoms with Crippen molar-refractivity contribution in [1.29, 1.82) is 0 Å². The monoisotopic (exact) mass is 517 g/mol. The summed E-state index contributed by atoms with van der Waals surface area (Å²) >= 11 is 3.24. The number of carbonyl (C=O) groups excluding carboxylic acids is 4. The summed E-state index contributed by atoms with van der Waals surface area (Å²) in [6, 6.07) is 10.8. The third-order valence-electron chi connectivity index (χ3n) is 7.80. The van der Waals surface area contributed by atoms with E-state index in [4.69, 9.17) is 0 Å². The number of phenolic OH excluding ortho intramolecular Hbond substituents is 1. The molecule has 34 heavy (non-hydrogen) atoms. The summed E-state index contributed by atoms with van der Waals surface area (Å²) in [5.41, 5.74) is 2.53. The highest BCUT2D eigenvalue weighted by Crippen LogP contribution is 2.56. The predicted molar refractivity (Wildman–Crippen MR) is 128 cm³/mol. The molecule has 0 spiro atoms. The summed E-state index contributed by atoms with van der Waals surface area (Å²) < 4.78 is 0.205. The number of imide groups is 1. The highest BCUT2D eigenvalue weighted by molar-refractivity contribution is 9.12. The van der Waals surface area contributed by atoms with Crippen LogP contribution in [0.15, 0.2) is 69.8 Å². The number of rotatable bonds is 1. The number of amides is 2. The largest absolute Gasteiger partial charge is 0.507 e. The van der Waals surface area contributed by atoms with Crippen molar-refractivity contribution in [2.45, 2.75) is 18.8 Å². The molecule has 0 radical (unpaired) electrons. The Labute approximate surface area is 203 Å². The summed E-state index contributed by atoms with van der Waals surface area (Å²) in [6.07, 6.45) is 3.98. The minimum absolute atomic E-state index is 0.130. The minimum atomic E-state index is -0.551. The van der Waals surface area contributed by atoms with Gasteiger partial charge in [-0.15, -0.1) is 0 Å². The Bertz CT molecular complexity index is 1450. The lowest BCUT2D eigenvalue weighted by Gasteiger charge is -2.42. The van der Waals surface area contributed by atoms with E-state index in [1.807, 2.05) is 30.3 Å². The number of nitrogens with zero attached hydrogens (tertiary/aromatic N) is 1. The number of halogens is 1. The molecule has 4 atom stereocenters. The van der Waals surface area contributed by atoms with Gasteiger partial charge in [-0.25, -0.2) is 0 Å². The first-order valence-corrected chi connectivity index (χ1v) is 12.0. The molecule has 1 saturated heterocycles. The van der Waals surface area contributed by atoms with Crippen molar-refractivity contribution in [3.05, 3.63) is 75.3 Å². The highest BCUT2D eigenvalue weighted by atomic mass is 79.9. The SMILES string of the molecule is CN1C(=O)C2CC=C3C(c4ccc(O)c5ccccc45)C4=C(CC3C2C1=O)C(=O)C(Br)=CC4=O. The molecule has 0 aromatic heterocycles. The number of aromatic hydroxyl groups is 1. The molecular formula is C27H20BrNO5. The maximum absolute atomic E-state index is 13.3. The Hall–Kier alpha value is -3.32. The number of allylic oxidation sites excluding steroid dienone is 6. The summed E-state index contributed by atoms with van der Waals surface area (Å²) in [6.45, 7) is 0. The fourth-order valence-electron chi connectivity index (χ4n) is 6.28. The molecule has 7 heteroatoms. The zero-order chi connectivity index (χ0) is 23.9. The van der Waals surface area contributed by atoms with Gasteiger partial charge in [0.15, 0.2) is 11.6 Å². The molecule has 4 aliphatic rings. The van der Waals surface area contributed by atoms with Crippen molar-refractivity contribution in [3.63, 3.8) is 0 Å². The molecule has 3 aliphatic carbocycles. The molecule has 1 fully saturated rings. The molecule has 1 heterocycles. The number of Topliss-reactive ketones (excluding diaryl/α,β-unsaturated/α-hetero) is 1. The standard InChI is InChI=1S/C27H20BrNO5/c1-29-26(33)16-7-6-15-17(23(16)27(29)34)10-18-24(21(31)11-19(28)25(18)32)22(15)14-8-9-20(30)13-5-3-2-4-12(13)14/h2-6,8-9,11,16-17,22-23,30H,7,10H2,1H3. The van der Waals surface area contributed by atoms with Gasteiger partial charge in [-0.2, -0.15) is 0 Å². The summed E-state index contributed by atoms with van der Waals surface area (Å²) in [5.74, 6) is -2.68. The summed E-state index contributed by atoms with van der Waals surface area (Å²) in [4.78, 5) is 53.6. The molecule has 0 bridgehead atoms. The van der Waals surface area contributed by atoms with Crippen LogP contribution in [0.4, 0.5) is 0 Å². The molecule has 2 amide bonds. The van der Waals surface area contributed by atoms with Crippen LogP contribution in [0, 0.1) is 17.8 Å². The van der Waals surface area contributed by atoms with Crippen LogP contribution in [-0.2, 0) is 19.2 Å². The lowest BCUT2D eigenvalue weighted by molar-refractivity contribution is -0.138. The van der Waals surface area contributed by atoms with E-state index in [1.165, 1.54) is 18.0 Å². The van der Waals surface area contributed by atoms with Crippen LogP contribution in [0.2, 0.25) is 0 Å². The van der Waals surface area contributed by atoms with Gasteiger partial charge < -0.3 is 5.11 Å².